The van der Waals surface area contributed by atoms with Crippen molar-refractivity contribution in [2.24, 2.45) is 0 Å². The van der Waals surface area contributed by atoms with E-state index in [9.17, 15) is 4.79 Å². The number of rotatable bonds is 5. The van der Waals surface area contributed by atoms with Gasteiger partial charge in [0.2, 0.25) is 0 Å². The van der Waals surface area contributed by atoms with Gasteiger partial charge < -0.3 is 10.1 Å². The highest BCUT2D eigenvalue weighted by Gasteiger charge is 2.19. The average Bonchev–Trinajstić information content (AvgIpc) is 3.31. The standard InChI is InChI=1S/C29H26BrN5O2S/c1-16(2)18-9-11-20(12-10-18)35-33-24-13-17(3)23(15-25(24)34-35)31-29(38)32-28(36)22-14-19-7-5-6-8-21(19)26(30)27(22)37-4/h5-16H,1-4H3,(H2,31,32,36,38). The first-order valence-corrected chi connectivity index (χ1v) is 13.3. The number of halogens is 1. The Bertz CT molecular complexity index is 1700. The molecule has 1 aromatic heterocycles. The third-order valence-electron chi connectivity index (χ3n) is 6.38. The fraction of sp³-hybridized carbons (Fsp3) is 0.172. The second-order valence-corrected chi connectivity index (χ2v) is 10.5. The number of anilines is 1. The normalized spacial score (nSPS) is 11.2. The van der Waals surface area contributed by atoms with E-state index in [1.165, 1.54) is 12.7 Å². The highest BCUT2D eigenvalue weighted by Crippen LogP contribution is 2.36. The zero-order valence-electron chi connectivity index (χ0n) is 21.4. The highest BCUT2D eigenvalue weighted by molar-refractivity contribution is 9.10. The molecule has 0 unspecified atom stereocenters. The molecule has 7 nitrogen and oxygen atoms in total. The van der Waals surface area contributed by atoms with Crippen LogP contribution in [-0.4, -0.2) is 33.1 Å². The van der Waals surface area contributed by atoms with E-state index in [1.54, 1.807) is 10.9 Å². The third-order valence-corrected chi connectivity index (χ3v) is 7.37. The number of carbonyl (C=O) groups is 1. The van der Waals surface area contributed by atoms with Gasteiger partial charge in [0.25, 0.3) is 5.91 Å². The third kappa shape index (κ3) is 4.99. The van der Waals surface area contributed by atoms with Crippen molar-refractivity contribution in [3.05, 3.63) is 87.9 Å². The average molecular weight is 589 g/mol. The summed E-state index contributed by atoms with van der Waals surface area (Å²) >= 11 is 9.05. The van der Waals surface area contributed by atoms with Gasteiger partial charge >= 0.3 is 0 Å². The molecule has 2 N–H and O–H groups in total. The van der Waals surface area contributed by atoms with Gasteiger partial charge in [-0.1, -0.05) is 50.2 Å². The Hall–Kier alpha value is -3.82. The van der Waals surface area contributed by atoms with Crippen LogP contribution in [0.15, 0.2) is 71.2 Å². The number of aryl methyl sites for hydroxylation is 1. The number of nitrogens with one attached hydrogen (secondary N) is 2. The first kappa shape index (κ1) is 25.8. The summed E-state index contributed by atoms with van der Waals surface area (Å²) in [6.07, 6.45) is 0. The molecule has 0 saturated heterocycles. The van der Waals surface area contributed by atoms with Gasteiger partial charge in [0.1, 0.15) is 16.8 Å². The minimum Gasteiger partial charge on any atom is -0.495 e. The Morgan fingerprint density at radius 1 is 1.03 bits per heavy atom. The summed E-state index contributed by atoms with van der Waals surface area (Å²) in [7, 11) is 1.53. The van der Waals surface area contributed by atoms with Gasteiger partial charge in [0, 0.05) is 5.69 Å². The Morgan fingerprint density at radius 2 is 1.71 bits per heavy atom. The van der Waals surface area contributed by atoms with E-state index in [1.807, 2.05) is 55.5 Å². The number of fused-ring (bicyclic) bond motifs is 2. The number of thiocarbonyl (C=S) groups is 1. The second kappa shape index (κ2) is 10.5. The van der Waals surface area contributed by atoms with E-state index in [4.69, 9.17) is 17.0 Å². The maximum absolute atomic E-state index is 13.2. The summed E-state index contributed by atoms with van der Waals surface area (Å²) < 4.78 is 6.25. The van der Waals surface area contributed by atoms with Crippen molar-refractivity contribution < 1.29 is 9.53 Å². The first-order chi connectivity index (χ1) is 18.2. The fourth-order valence-electron chi connectivity index (χ4n) is 4.29. The van der Waals surface area contributed by atoms with Crippen LogP contribution in [0.5, 0.6) is 5.75 Å². The van der Waals surface area contributed by atoms with Crippen molar-refractivity contribution in [1.29, 1.82) is 0 Å². The highest BCUT2D eigenvalue weighted by atomic mass is 79.9. The minimum atomic E-state index is -0.375. The molecule has 0 spiro atoms. The molecule has 0 radical (unpaired) electrons. The maximum atomic E-state index is 13.2. The molecule has 0 aliphatic rings. The molecule has 1 heterocycles. The number of nitrogens with zero attached hydrogens (tertiary/aromatic N) is 3. The number of methoxy groups -OCH3 is 1. The molecule has 4 aromatic carbocycles. The second-order valence-electron chi connectivity index (χ2n) is 9.29. The Morgan fingerprint density at radius 3 is 2.39 bits per heavy atom. The molecular formula is C29H26BrN5O2S. The maximum Gasteiger partial charge on any atom is 0.261 e. The first-order valence-electron chi connectivity index (χ1n) is 12.1. The lowest BCUT2D eigenvalue weighted by atomic mass is 10.0. The number of carbonyl (C=O) groups excluding carboxylic acids is 1. The lowest BCUT2D eigenvalue weighted by Crippen LogP contribution is -2.34. The van der Waals surface area contributed by atoms with Crippen LogP contribution in [0.2, 0.25) is 0 Å². The van der Waals surface area contributed by atoms with Gasteiger partial charge in [0.15, 0.2) is 5.11 Å². The van der Waals surface area contributed by atoms with Gasteiger partial charge in [0.05, 0.1) is 22.8 Å². The summed E-state index contributed by atoms with van der Waals surface area (Å²) in [6.45, 7) is 6.28. The van der Waals surface area contributed by atoms with Gasteiger partial charge in [-0.3, -0.25) is 10.1 Å². The van der Waals surface area contributed by atoms with Gasteiger partial charge in [-0.25, -0.2) is 0 Å². The molecule has 0 atom stereocenters. The molecule has 0 saturated carbocycles. The van der Waals surface area contributed by atoms with Gasteiger partial charge in [-0.2, -0.15) is 4.80 Å². The van der Waals surface area contributed by atoms with Gasteiger partial charge in [-0.15, -0.1) is 10.2 Å². The van der Waals surface area contributed by atoms with Crippen LogP contribution >= 0.6 is 28.1 Å². The van der Waals surface area contributed by atoms with Gasteiger partial charge in [-0.05, 0) is 93.2 Å². The molecule has 5 aromatic rings. The molecule has 192 valence electrons. The van der Waals surface area contributed by atoms with Crippen molar-refractivity contribution in [3.63, 3.8) is 0 Å². The van der Waals surface area contributed by atoms with Crippen molar-refractivity contribution in [3.8, 4) is 11.4 Å². The Labute approximate surface area is 234 Å². The van der Waals surface area contributed by atoms with Crippen LogP contribution in [0.3, 0.4) is 0 Å². The Kier molecular flexibility index (Phi) is 7.14. The predicted molar refractivity (Wildman–Crippen MR) is 160 cm³/mol. The molecule has 9 heteroatoms. The Balaban J connectivity index is 1.37. The molecular weight excluding hydrogens is 562 g/mol. The SMILES string of the molecule is COc1c(C(=O)NC(=S)Nc2cc3nn(-c4ccc(C(C)C)cc4)nc3cc2C)cc2ccccc2c1Br. The predicted octanol–water partition coefficient (Wildman–Crippen LogP) is 6.90. The topological polar surface area (TPSA) is 81.1 Å². The van der Waals surface area contributed by atoms with E-state index in [0.717, 1.165) is 33.2 Å². The van der Waals surface area contributed by atoms with Crippen LogP contribution in [0.1, 0.15) is 41.3 Å². The molecule has 38 heavy (non-hydrogen) atoms. The molecule has 0 bridgehead atoms. The van der Waals surface area contributed by atoms with E-state index in [0.29, 0.717) is 27.2 Å². The largest absolute Gasteiger partial charge is 0.495 e. The van der Waals surface area contributed by atoms with Crippen LogP contribution in [-0.2, 0) is 0 Å². The number of hydrogen-bond acceptors (Lipinski definition) is 5. The summed E-state index contributed by atoms with van der Waals surface area (Å²) in [6, 6.07) is 21.6. The molecule has 5 rings (SSSR count). The number of ether oxygens (including phenoxy) is 1. The van der Waals surface area contributed by atoms with Crippen molar-refractivity contribution >= 4 is 66.7 Å². The van der Waals surface area contributed by atoms with E-state index < -0.39 is 0 Å². The van der Waals surface area contributed by atoms with E-state index in [-0.39, 0.29) is 11.0 Å². The lowest BCUT2D eigenvalue weighted by molar-refractivity contribution is 0.0975. The minimum absolute atomic E-state index is 0.167. The van der Waals surface area contributed by atoms with Crippen LogP contribution < -0.4 is 15.4 Å². The smallest absolute Gasteiger partial charge is 0.261 e. The van der Waals surface area contributed by atoms with Crippen LogP contribution in [0.4, 0.5) is 5.69 Å². The summed E-state index contributed by atoms with van der Waals surface area (Å²) in [5.41, 5.74) is 5.65. The molecule has 0 fully saturated rings. The lowest BCUT2D eigenvalue weighted by Gasteiger charge is -2.15. The van der Waals surface area contributed by atoms with Crippen molar-refractivity contribution in [1.82, 2.24) is 20.3 Å². The fourth-order valence-corrected chi connectivity index (χ4v) is 5.23. The summed E-state index contributed by atoms with van der Waals surface area (Å²) in [5, 5.41) is 17.2. The quantitative estimate of drug-likeness (QED) is 0.218. The van der Waals surface area contributed by atoms with E-state index >= 15 is 0 Å². The number of aromatic nitrogens is 3. The number of benzene rings is 4. The molecule has 1 amide bonds. The van der Waals surface area contributed by atoms with Crippen LogP contribution in [0, 0.1) is 6.92 Å². The number of hydrogen-bond donors (Lipinski definition) is 2. The van der Waals surface area contributed by atoms with E-state index in [2.05, 4.69) is 62.7 Å². The monoisotopic (exact) mass is 587 g/mol. The zero-order chi connectivity index (χ0) is 27.0. The van der Waals surface area contributed by atoms with Crippen LogP contribution in [0.25, 0.3) is 27.5 Å². The summed E-state index contributed by atoms with van der Waals surface area (Å²) in [4.78, 5) is 14.8. The number of amides is 1. The summed E-state index contributed by atoms with van der Waals surface area (Å²) in [5.74, 6) is 0.526. The van der Waals surface area contributed by atoms with Crippen molar-refractivity contribution in [2.75, 3.05) is 12.4 Å². The zero-order valence-corrected chi connectivity index (χ0v) is 23.8. The molecule has 0 aliphatic heterocycles. The van der Waals surface area contributed by atoms with Crippen molar-refractivity contribution in [2.45, 2.75) is 26.7 Å². The molecule has 0 aliphatic carbocycles.